The molecule has 20 heavy (non-hydrogen) atoms. The second kappa shape index (κ2) is 6.30. The molecule has 0 aliphatic carbocycles. The van der Waals surface area contributed by atoms with Crippen molar-refractivity contribution in [1.82, 2.24) is 4.90 Å². The predicted octanol–water partition coefficient (Wildman–Crippen LogP) is 3.79. The number of non-ortho nitro benzene ring substituents is 1. The fraction of sp³-hybridized carbons (Fsp3) is 0.250. The van der Waals surface area contributed by atoms with Gasteiger partial charge in [0.25, 0.3) is 5.69 Å². The zero-order valence-corrected chi connectivity index (χ0v) is 11.7. The molecule has 0 radical (unpaired) electrons. The number of hydrogen-bond donors (Lipinski definition) is 0. The van der Waals surface area contributed by atoms with Crippen LogP contribution < -0.4 is 0 Å². The van der Waals surface area contributed by atoms with E-state index in [0.717, 1.165) is 12.1 Å². The predicted molar refractivity (Wildman–Crippen MR) is 79.4 cm³/mol. The van der Waals surface area contributed by atoms with Crippen LogP contribution >= 0.6 is 0 Å². The van der Waals surface area contributed by atoms with Crippen LogP contribution in [0.25, 0.3) is 0 Å². The first-order valence-electron chi connectivity index (χ1n) is 6.56. The molecule has 0 fully saturated rings. The molecule has 4 nitrogen and oxygen atoms in total. The molecule has 1 unspecified atom stereocenters. The molecule has 2 aromatic rings. The van der Waals surface area contributed by atoms with Crippen LogP contribution in [0.1, 0.15) is 24.1 Å². The molecule has 0 saturated carbocycles. The van der Waals surface area contributed by atoms with E-state index in [-0.39, 0.29) is 16.7 Å². The molecule has 2 aromatic carbocycles. The first-order chi connectivity index (χ1) is 9.58. The van der Waals surface area contributed by atoms with E-state index in [4.69, 9.17) is 0 Å². The highest BCUT2D eigenvalue weighted by molar-refractivity contribution is 5.34. The Kier molecular flexibility index (Phi) is 4.48. The summed E-state index contributed by atoms with van der Waals surface area (Å²) < 4.78 is 0. The second-order valence-electron chi connectivity index (χ2n) is 4.93. The van der Waals surface area contributed by atoms with Crippen molar-refractivity contribution in [2.75, 3.05) is 7.05 Å². The Bertz CT molecular complexity index is 567. The van der Waals surface area contributed by atoms with Crippen molar-refractivity contribution in [3.63, 3.8) is 0 Å². The molecule has 0 spiro atoms. The molecule has 0 bridgehead atoms. The molecule has 2 rings (SSSR count). The van der Waals surface area contributed by atoms with Gasteiger partial charge < -0.3 is 0 Å². The van der Waals surface area contributed by atoms with Crippen molar-refractivity contribution in [3.05, 3.63) is 75.8 Å². The molecule has 0 aliphatic rings. The third-order valence-electron chi connectivity index (χ3n) is 3.52. The summed E-state index contributed by atoms with van der Waals surface area (Å²) in [6, 6.07) is 17.2. The van der Waals surface area contributed by atoms with Crippen LogP contribution in [0, 0.1) is 10.1 Å². The fourth-order valence-electron chi connectivity index (χ4n) is 2.14. The monoisotopic (exact) mass is 270 g/mol. The lowest BCUT2D eigenvalue weighted by Crippen LogP contribution is -2.21. The van der Waals surface area contributed by atoms with E-state index in [0.29, 0.717) is 0 Å². The van der Waals surface area contributed by atoms with Crippen LogP contribution in [0.3, 0.4) is 0 Å². The number of nitro benzene ring substituents is 1. The molecule has 104 valence electrons. The summed E-state index contributed by atoms with van der Waals surface area (Å²) in [4.78, 5) is 12.5. The van der Waals surface area contributed by atoms with Crippen molar-refractivity contribution in [2.45, 2.75) is 19.5 Å². The van der Waals surface area contributed by atoms with Crippen LogP contribution in [-0.4, -0.2) is 16.9 Å². The number of nitro groups is 1. The summed E-state index contributed by atoms with van der Waals surface area (Å²) in [5.74, 6) is 0. The lowest BCUT2D eigenvalue weighted by molar-refractivity contribution is -0.384. The molecular formula is C16H18N2O2. The Morgan fingerprint density at radius 2 is 1.70 bits per heavy atom. The normalized spacial score (nSPS) is 12.3. The van der Waals surface area contributed by atoms with Crippen molar-refractivity contribution in [3.8, 4) is 0 Å². The van der Waals surface area contributed by atoms with Gasteiger partial charge in [0, 0.05) is 24.7 Å². The van der Waals surface area contributed by atoms with Crippen LogP contribution in [-0.2, 0) is 6.54 Å². The maximum Gasteiger partial charge on any atom is 0.269 e. The van der Waals surface area contributed by atoms with Crippen molar-refractivity contribution >= 4 is 5.69 Å². The quantitative estimate of drug-likeness (QED) is 0.613. The summed E-state index contributed by atoms with van der Waals surface area (Å²) in [5.41, 5.74) is 2.46. The van der Waals surface area contributed by atoms with Crippen LogP contribution in [0.15, 0.2) is 54.6 Å². The van der Waals surface area contributed by atoms with Crippen molar-refractivity contribution in [1.29, 1.82) is 0 Å². The average molecular weight is 270 g/mol. The van der Waals surface area contributed by atoms with Gasteiger partial charge in [0.2, 0.25) is 0 Å². The lowest BCUT2D eigenvalue weighted by atomic mass is 10.1. The Morgan fingerprint density at radius 3 is 2.25 bits per heavy atom. The van der Waals surface area contributed by atoms with Gasteiger partial charge in [-0.3, -0.25) is 15.0 Å². The van der Waals surface area contributed by atoms with E-state index in [1.165, 1.54) is 5.56 Å². The summed E-state index contributed by atoms with van der Waals surface area (Å²) in [7, 11) is 2.05. The summed E-state index contributed by atoms with van der Waals surface area (Å²) in [6.07, 6.45) is 0. The Labute approximate surface area is 118 Å². The number of hydrogen-bond acceptors (Lipinski definition) is 3. The molecule has 0 heterocycles. The highest BCUT2D eigenvalue weighted by Gasteiger charge is 2.13. The molecule has 0 aliphatic heterocycles. The maximum absolute atomic E-state index is 10.7. The third kappa shape index (κ3) is 3.42. The zero-order valence-electron chi connectivity index (χ0n) is 11.7. The van der Waals surface area contributed by atoms with Gasteiger partial charge in [-0.1, -0.05) is 42.5 Å². The van der Waals surface area contributed by atoms with Crippen LogP contribution in [0.4, 0.5) is 5.69 Å². The minimum absolute atomic E-state index is 0.131. The largest absolute Gasteiger partial charge is 0.295 e. The zero-order chi connectivity index (χ0) is 14.5. The number of nitrogens with zero attached hydrogens (tertiary/aromatic N) is 2. The Balaban J connectivity index is 2.06. The molecule has 0 amide bonds. The smallest absolute Gasteiger partial charge is 0.269 e. The Morgan fingerprint density at radius 1 is 1.10 bits per heavy atom. The maximum atomic E-state index is 10.7. The summed E-state index contributed by atoms with van der Waals surface area (Å²) in [5, 5.41) is 10.7. The molecule has 4 heteroatoms. The van der Waals surface area contributed by atoms with E-state index in [1.807, 2.05) is 30.3 Å². The van der Waals surface area contributed by atoms with Gasteiger partial charge in [-0.25, -0.2) is 0 Å². The second-order valence-corrected chi connectivity index (χ2v) is 4.93. The molecule has 0 N–H and O–H groups in total. The van der Waals surface area contributed by atoms with Gasteiger partial charge in [0.1, 0.15) is 0 Å². The summed E-state index contributed by atoms with van der Waals surface area (Å²) in [6.45, 7) is 2.95. The highest BCUT2D eigenvalue weighted by atomic mass is 16.6. The van der Waals surface area contributed by atoms with E-state index < -0.39 is 0 Å². The topological polar surface area (TPSA) is 46.4 Å². The van der Waals surface area contributed by atoms with Crippen molar-refractivity contribution < 1.29 is 4.92 Å². The van der Waals surface area contributed by atoms with E-state index >= 15 is 0 Å². The van der Waals surface area contributed by atoms with Gasteiger partial charge in [0.05, 0.1) is 4.92 Å². The minimum Gasteiger partial charge on any atom is -0.295 e. The lowest BCUT2D eigenvalue weighted by Gasteiger charge is -2.25. The fourth-order valence-corrected chi connectivity index (χ4v) is 2.14. The van der Waals surface area contributed by atoms with Crippen molar-refractivity contribution in [2.24, 2.45) is 0 Å². The van der Waals surface area contributed by atoms with Gasteiger partial charge in [-0.2, -0.15) is 0 Å². The highest BCUT2D eigenvalue weighted by Crippen LogP contribution is 2.22. The number of benzene rings is 2. The van der Waals surface area contributed by atoms with E-state index in [9.17, 15) is 10.1 Å². The summed E-state index contributed by atoms with van der Waals surface area (Å²) >= 11 is 0. The minimum atomic E-state index is -0.373. The van der Waals surface area contributed by atoms with Gasteiger partial charge >= 0.3 is 0 Å². The molecule has 1 atom stereocenters. The van der Waals surface area contributed by atoms with E-state index in [2.05, 4.69) is 31.0 Å². The SMILES string of the molecule is CC(c1ccc([N+](=O)[O-])cc1)N(C)Cc1ccccc1. The van der Waals surface area contributed by atoms with Crippen LogP contribution in [0.2, 0.25) is 0 Å². The number of rotatable bonds is 5. The van der Waals surface area contributed by atoms with E-state index in [1.54, 1.807) is 12.1 Å². The average Bonchev–Trinajstić information content (AvgIpc) is 2.47. The molecule has 0 saturated heterocycles. The molecular weight excluding hydrogens is 252 g/mol. The standard InChI is InChI=1S/C16H18N2O2/c1-13(15-8-10-16(11-9-15)18(19)20)17(2)12-14-6-4-3-5-7-14/h3-11,13H,12H2,1-2H3. The first kappa shape index (κ1) is 14.2. The van der Waals surface area contributed by atoms with Gasteiger partial charge in [-0.15, -0.1) is 0 Å². The first-order valence-corrected chi connectivity index (χ1v) is 6.56. The third-order valence-corrected chi connectivity index (χ3v) is 3.52. The van der Waals surface area contributed by atoms with Crippen LogP contribution in [0.5, 0.6) is 0 Å². The Hall–Kier alpha value is -2.20. The van der Waals surface area contributed by atoms with Gasteiger partial charge in [0.15, 0.2) is 0 Å². The molecule has 0 aromatic heterocycles. The van der Waals surface area contributed by atoms with Gasteiger partial charge in [-0.05, 0) is 25.1 Å².